The molecule has 0 aliphatic rings. The van der Waals surface area contributed by atoms with Gasteiger partial charge in [0, 0.05) is 23.4 Å². The van der Waals surface area contributed by atoms with Crippen molar-refractivity contribution in [3.05, 3.63) is 59.9 Å². The average Bonchev–Trinajstić information content (AvgIpc) is 2.57. The van der Waals surface area contributed by atoms with Gasteiger partial charge in [-0.3, -0.25) is 0 Å². The van der Waals surface area contributed by atoms with Gasteiger partial charge in [0.2, 0.25) is 0 Å². The summed E-state index contributed by atoms with van der Waals surface area (Å²) in [5, 5.41) is 5.43. The third-order valence-electron chi connectivity index (χ3n) is 3.37. The van der Waals surface area contributed by atoms with E-state index in [2.05, 4.69) is 10.6 Å². The molecular formula is C18H21FN2O3S2. The number of benzene rings is 2. The molecule has 5 nitrogen and oxygen atoms in total. The lowest BCUT2D eigenvalue weighted by Gasteiger charge is -2.11. The van der Waals surface area contributed by atoms with E-state index in [1.165, 1.54) is 12.1 Å². The molecule has 8 heteroatoms. The Morgan fingerprint density at radius 2 is 1.81 bits per heavy atom. The van der Waals surface area contributed by atoms with Crippen LogP contribution in [-0.4, -0.2) is 33.0 Å². The minimum absolute atomic E-state index is 0.127. The molecule has 2 aromatic rings. The van der Waals surface area contributed by atoms with Crippen LogP contribution in [0.5, 0.6) is 0 Å². The van der Waals surface area contributed by atoms with Crippen molar-refractivity contribution >= 4 is 33.3 Å². The Bertz CT molecular complexity index is 840. The highest BCUT2D eigenvalue weighted by atomic mass is 32.2. The molecule has 2 amide bonds. The molecule has 0 aromatic heterocycles. The van der Waals surface area contributed by atoms with Gasteiger partial charge in [0.1, 0.15) is 5.82 Å². The summed E-state index contributed by atoms with van der Waals surface area (Å²) in [6.07, 6.45) is 1.91. The molecule has 0 saturated heterocycles. The SMILES string of the molecule is CS(=O)(=O)Cc1ccccc1NC(=O)NCCCSc1ccc(F)cc1. The summed E-state index contributed by atoms with van der Waals surface area (Å²) >= 11 is 1.59. The second kappa shape index (κ2) is 9.59. The van der Waals surface area contributed by atoms with Crippen molar-refractivity contribution in [3.63, 3.8) is 0 Å². The Hall–Kier alpha value is -2.06. The lowest BCUT2D eigenvalue weighted by Crippen LogP contribution is -2.30. The lowest BCUT2D eigenvalue weighted by atomic mass is 10.2. The molecule has 0 radical (unpaired) electrons. The average molecular weight is 397 g/mol. The van der Waals surface area contributed by atoms with E-state index in [-0.39, 0.29) is 17.6 Å². The number of halogens is 1. The van der Waals surface area contributed by atoms with Crippen molar-refractivity contribution in [3.8, 4) is 0 Å². The zero-order chi connectivity index (χ0) is 19.0. The molecule has 0 spiro atoms. The van der Waals surface area contributed by atoms with E-state index in [0.29, 0.717) is 17.8 Å². The number of carbonyl (C=O) groups is 1. The van der Waals surface area contributed by atoms with E-state index in [4.69, 9.17) is 0 Å². The van der Waals surface area contributed by atoms with Crippen LogP contribution in [0, 0.1) is 5.82 Å². The summed E-state index contributed by atoms with van der Waals surface area (Å²) in [5.74, 6) is 0.401. The number of sulfone groups is 1. The van der Waals surface area contributed by atoms with Crippen LogP contribution in [0.1, 0.15) is 12.0 Å². The quantitative estimate of drug-likeness (QED) is 0.527. The highest BCUT2D eigenvalue weighted by Gasteiger charge is 2.10. The van der Waals surface area contributed by atoms with Crippen LogP contribution < -0.4 is 10.6 Å². The smallest absolute Gasteiger partial charge is 0.319 e. The number of thioether (sulfide) groups is 1. The van der Waals surface area contributed by atoms with Crippen LogP contribution in [0.15, 0.2) is 53.4 Å². The fourth-order valence-electron chi connectivity index (χ4n) is 2.21. The van der Waals surface area contributed by atoms with Gasteiger partial charge in [-0.05, 0) is 48.1 Å². The molecule has 0 aliphatic carbocycles. The summed E-state index contributed by atoms with van der Waals surface area (Å²) in [5.41, 5.74) is 1.04. The number of nitrogens with one attached hydrogen (secondary N) is 2. The number of amides is 2. The van der Waals surface area contributed by atoms with Crippen LogP contribution in [0.2, 0.25) is 0 Å². The van der Waals surface area contributed by atoms with Gasteiger partial charge >= 0.3 is 6.03 Å². The van der Waals surface area contributed by atoms with Crippen molar-refractivity contribution in [1.82, 2.24) is 5.32 Å². The van der Waals surface area contributed by atoms with Gasteiger partial charge in [0.05, 0.1) is 5.75 Å². The molecule has 0 fully saturated rings. The molecule has 2 rings (SSSR count). The maximum Gasteiger partial charge on any atom is 0.319 e. The lowest BCUT2D eigenvalue weighted by molar-refractivity contribution is 0.252. The third-order valence-corrected chi connectivity index (χ3v) is 5.31. The molecule has 0 bridgehead atoms. The summed E-state index contributed by atoms with van der Waals surface area (Å²) < 4.78 is 35.8. The zero-order valence-corrected chi connectivity index (χ0v) is 16.0. The maximum absolute atomic E-state index is 12.8. The number of carbonyl (C=O) groups excluding carboxylic acids is 1. The molecule has 26 heavy (non-hydrogen) atoms. The molecule has 0 saturated carbocycles. The zero-order valence-electron chi connectivity index (χ0n) is 14.4. The van der Waals surface area contributed by atoms with E-state index in [0.717, 1.165) is 23.3 Å². The monoisotopic (exact) mass is 396 g/mol. The first-order valence-electron chi connectivity index (χ1n) is 8.02. The van der Waals surface area contributed by atoms with Crippen molar-refractivity contribution in [2.75, 3.05) is 23.9 Å². The Kier molecular flexibility index (Phi) is 7.47. The summed E-state index contributed by atoms with van der Waals surface area (Å²) in [6, 6.07) is 12.7. The summed E-state index contributed by atoms with van der Waals surface area (Å²) in [4.78, 5) is 13.0. The minimum Gasteiger partial charge on any atom is -0.338 e. The van der Waals surface area contributed by atoms with Gasteiger partial charge in [0.15, 0.2) is 9.84 Å². The van der Waals surface area contributed by atoms with Crippen LogP contribution in [-0.2, 0) is 15.6 Å². The Morgan fingerprint density at radius 3 is 2.50 bits per heavy atom. The molecule has 2 aromatic carbocycles. The van der Waals surface area contributed by atoms with E-state index < -0.39 is 9.84 Å². The van der Waals surface area contributed by atoms with Crippen LogP contribution in [0.4, 0.5) is 14.9 Å². The molecule has 0 unspecified atom stereocenters. The fourth-order valence-corrected chi connectivity index (χ4v) is 3.88. The van der Waals surface area contributed by atoms with E-state index in [9.17, 15) is 17.6 Å². The Balaban J connectivity index is 1.74. The van der Waals surface area contributed by atoms with Gasteiger partial charge in [-0.15, -0.1) is 11.8 Å². The Morgan fingerprint density at radius 1 is 1.12 bits per heavy atom. The van der Waals surface area contributed by atoms with E-state index >= 15 is 0 Å². The molecule has 0 aliphatic heterocycles. The topological polar surface area (TPSA) is 75.3 Å². The molecule has 0 atom stereocenters. The predicted octanol–water partition coefficient (Wildman–Crippen LogP) is 3.67. The number of anilines is 1. The molecular weight excluding hydrogens is 375 g/mol. The summed E-state index contributed by atoms with van der Waals surface area (Å²) in [7, 11) is -3.19. The van der Waals surface area contributed by atoms with Crippen molar-refractivity contribution in [2.45, 2.75) is 17.1 Å². The highest BCUT2D eigenvalue weighted by Crippen LogP contribution is 2.19. The predicted molar refractivity (Wildman–Crippen MR) is 104 cm³/mol. The maximum atomic E-state index is 12.8. The summed E-state index contributed by atoms with van der Waals surface area (Å²) in [6.45, 7) is 0.480. The van der Waals surface area contributed by atoms with Gasteiger partial charge in [0.25, 0.3) is 0 Å². The van der Waals surface area contributed by atoms with Gasteiger partial charge < -0.3 is 10.6 Å². The first-order chi connectivity index (χ1) is 12.3. The minimum atomic E-state index is -3.19. The largest absolute Gasteiger partial charge is 0.338 e. The first kappa shape index (κ1) is 20.3. The van der Waals surface area contributed by atoms with Crippen LogP contribution >= 0.6 is 11.8 Å². The van der Waals surface area contributed by atoms with Gasteiger partial charge in [-0.1, -0.05) is 18.2 Å². The number of hydrogen-bond donors (Lipinski definition) is 2. The molecule has 0 heterocycles. The van der Waals surface area contributed by atoms with Crippen molar-refractivity contribution in [2.24, 2.45) is 0 Å². The standard InChI is InChI=1S/C18H21FN2O3S2/c1-26(23,24)13-14-5-2-3-6-17(14)21-18(22)20-11-4-12-25-16-9-7-15(19)8-10-16/h2-3,5-10H,4,11-13H2,1H3,(H2,20,21,22). The number of rotatable bonds is 8. The van der Waals surface area contributed by atoms with E-state index in [1.54, 1.807) is 48.2 Å². The second-order valence-corrected chi connectivity index (χ2v) is 9.07. The number of hydrogen-bond acceptors (Lipinski definition) is 4. The van der Waals surface area contributed by atoms with Gasteiger partial charge in [-0.2, -0.15) is 0 Å². The Labute approximate surface area is 157 Å². The number of para-hydroxylation sites is 1. The molecule has 140 valence electrons. The highest BCUT2D eigenvalue weighted by molar-refractivity contribution is 7.99. The van der Waals surface area contributed by atoms with Gasteiger partial charge in [-0.25, -0.2) is 17.6 Å². The van der Waals surface area contributed by atoms with Crippen LogP contribution in [0.3, 0.4) is 0 Å². The molecule has 2 N–H and O–H groups in total. The second-order valence-electron chi connectivity index (χ2n) is 5.76. The van der Waals surface area contributed by atoms with Crippen LogP contribution in [0.25, 0.3) is 0 Å². The normalized spacial score (nSPS) is 11.2. The van der Waals surface area contributed by atoms with Crippen molar-refractivity contribution in [1.29, 1.82) is 0 Å². The fraction of sp³-hybridized carbons (Fsp3) is 0.278. The van der Waals surface area contributed by atoms with E-state index in [1.807, 2.05) is 0 Å². The van der Waals surface area contributed by atoms with Crippen molar-refractivity contribution < 1.29 is 17.6 Å². The first-order valence-corrected chi connectivity index (χ1v) is 11.1. The number of urea groups is 1. The third kappa shape index (κ3) is 7.45.